The summed E-state index contributed by atoms with van der Waals surface area (Å²) < 4.78 is 32.8. The van der Waals surface area contributed by atoms with Crippen molar-refractivity contribution in [3.05, 3.63) is 30.3 Å². The monoisotopic (exact) mass is 432 g/mol. The Morgan fingerprint density at radius 1 is 0.833 bits per heavy atom. The van der Waals surface area contributed by atoms with Crippen molar-refractivity contribution in [2.24, 2.45) is 0 Å². The standard InChI is InChI=1S/C12H27OSi.C6H6O.2H2O.Zr/c1-4-7-10-14(13,11-8-5-2)12-9-6-3;7-6-4-2-1-3-5-6;;;/h4-12H2,1-3H3;1-5,7H;2*1H2;/q-1;;;;+4/p-3. The summed E-state index contributed by atoms with van der Waals surface area (Å²) in [5, 5.41) is 0. The SMILES string of the molecule is CCCC[Si](CCCC)(CCCC)[O][Zr]([OH])([OH])[O]c1ccccc1. The predicted molar refractivity (Wildman–Crippen MR) is 97.5 cm³/mol. The molecule has 0 aliphatic rings. The van der Waals surface area contributed by atoms with Crippen molar-refractivity contribution in [1.82, 2.24) is 0 Å². The van der Waals surface area contributed by atoms with Gasteiger partial charge in [-0.1, -0.05) is 0 Å². The van der Waals surface area contributed by atoms with E-state index in [4.69, 9.17) is 5.32 Å². The number of hydrogen-bond donors (Lipinski definition) is 2. The third kappa shape index (κ3) is 8.39. The van der Waals surface area contributed by atoms with E-state index in [1.807, 2.05) is 18.2 Å². The first-order chi connectivity index (χ1) is 11.5. The Morgan fingerprint density at radius 3 is 1.71 bits per heavy atom. The first-order valence-corrected chi connectivity index (χ1v) is 16.1. The summed E-state index contributed by atoms with van der Waals surface area (Å²) in [5.74, 6) is 0.489. The zero-order valence-corrected chi connectivity index (χ0v) is 18.9. The summed E-state index contributed by atoms with van der Waals surface area (Å²) in [6.07, 6.45) is 6.59. The first kappa shape index (κ1) is 22.0. The van der Waals surface area contributed by atoms with E-state index < -0.39 is 30.3 Å². The molecule has 0 atom stereocenters. The van der Waals surface area contributed by atoms with Crippen molar-refractivity contribution >= 4 is 8.32 Å². The van der Waals surface area contributed by atoms with E-state index in [1.54, 1.807) is 12.1 Å². The molecule has 0 heterocycles. The molecular weight excluding hydrogens is 400 g/mol. The maximum atomic E-state index is 10.6. The molecule has 0 radical (unpaired) electrons. The Balaban J connectivity index is 2.88. The van der Waals surface area contributed by atoms with Gasteiger partial charge < -0.3 is 0 Å². The molecule has 24 heavy (non-hydrogen) atoms. The van der Waals surface area contributed by atoms with Crippen molar-refractivity contribution < 1.29 is 33.7 Å². The average molecular weight is 434 g/mol. The van der Waals surface area contributed by atoms with Crippen molar-refractivity contribution in [1.29, 1.82) is 0 Å². The summed E-state index contributed by atoms with van der Waals surface area (Å²) in [6, 6.07) is 12.0. The molecule has 0 saturated carbocycles. The van der Waals surface area contributed by atoms with Crippen LogP contribution in [-0.2, 0) is 24.5 Å². The van der Waals surface area contributed by atoms with Crippen LogP contribution in [0.25, 0.3) is 0 Å². The van der Waals surface area contributed by atoms with Gasteiger partial charge in [-0.25, -0.2) is 0 Å². The molecule has 0 bridgehead atoms. The molecule has 1 aromatic carbocycles. The fraction of sp³-hybridized carbons (Fsp3) is 0.667. The van der Waals surface area contributed by atoms with E-state index in [9.17, 15) is 6.37 Å². The first-order valence-electron chi connectivity index (χ1n) is 9.36. The van der Waals surface area contributed by atoms with Crippen LogP contribution in [0.2, 0.25) is 18.1 Å². The van der Waals surface area contributed by atoms with Gasteiger partial charge in [0.25, 0.3) is 0 Å². The number of para-hydroxylation sites is 1. The van der Waals surface area contributed by atoms with E-state index >= 15 is 0 Å². The third-order valence-corrected chi connectivity index (χ3v) is 15.2. The van der Waals surface area contributed by atoms with Crippen LogP contribution in [0.4, 0.5) is 0 Å². The van der Waals surface area contributed by atoms with Gasteiger partial charge >= 0.3 is 156 Å². The van der Waals surface area contributed by atoms with Crippen LogP contribution in [0.1, 0.15) is 59.3 Å². The van der Waals surface area contributed by atoms with E-state index in [1.165, 1.54) is 0 Å². The molecule has 0 unspecified atom stereocenters. The normalized spacial score (nSPS) is 12.4. The minimum atomic E-state index is -4.99. The zero-order valence-electron chi connectivity index (χ0n) is 15.5. The summed E-state index contributed by atoms with van der Waals surface area (Å²) in [4.78, 5) is 0. The average Bonchev–Trinajstić information content (AvgIpc) is 2.56. The van der Waals surface area contributed by atoms with Crippen LogP contribution in [0.15, 0.2) is 30.3 Å². The zero-order chi connectivity index (χ0) is 17.9. The van der Waals surface area contributed by atoms with Gasteiger partial charge in [0, 0.05) is 0 Å². The van der Waals surface area contributed by atoms with Crippen molar-refractivity contribution in [3.8, 4) is 5.75 Å². The van der Waals surface area contributed by atoms with E-state index in [2.05, 4.69) is 20.8 Å². The molecular formula is C18H34O4SiZr. The molecule has 138 valence electrons. The van der Waals surface area contributed by atoms with Gasteiger partial charge in [0.1, 0.15) is 0 Å². The summed E-state index contributed by atoms with van der Waals surface area (Å²) in [6.45, 7) is 6.52. The Kier molecular flexibility index (Phi) is 10.6. The Labute approximate surface area is 155 Å². The van der Waals surface area contributed by atoms with E-state index in [-0.39, 0.29) is 0 Å². The van der Waals surface area contributed by atoms with Gasteiger partial charge in [-0.15, -0.1) is 0 Å². The van der Waals surface area contributed by atoms with Crippen LogP contribution in [0, 0.1) is 0 Å². The van der Waals surface area contributed by atoms with Crippen LogP contribution >= 0.6 is 0 Å². The Hall–Kier alpha value is -0.000000000000000222. The molecule has 1 aromatic rings. The molecule has 1 rings (SSSR count). The third-order valence-electron chi connectivity index (χ3n) is 4.30. The molecule has 0 fully saturated rings. The van der Waals surface area contributed by atoms with Crippen LogP contribution in [0.5, 0.6) is 5.75 Å². The quantitative estimate of drug-likeness (QED) is 0.418. The molecule has 0 aliphatic heterocycles. The molecule has 0 aromatic heterocycles. The second kappa shape index (κ2) is 11.6. The summed E-state index contributed by atoms with van der Waals surface area (Å²) in [5.41, 5.74) is 0. The summed E-state index contributed by atoms with van der Waals surface area (Å²) in [7, 11) is -2.18. The molecule has 4 nitrogen and oxygen atoms in total. The Morgan fingerprint density at radius 2 is 1.29 bits per heavy atom. The predicted octanol–water partition coefficient (Wildman–Crippen LogP) is 5.23. The van der Waals surface area contributed by atoms with Crippen molar-refractivity contribution in [2.45, 2.75) is 77.4 Å². The molecule has 6 heteroatoms. The van der Waals surface area contributed by atoms with Crippen molar-refractivity contribution in [3.63, 3.8) is 0 Å². The van der Waals surface area contributed by atoms with E-state index in [0.717, 1.165) is 56.7 Å². The van der Waals surface area contributed by atoms with Crippen molar-refractivity contribution in [2.75, 3.05) is 0 Å². The van der Waals surface area contributed by atoms with Gasteiger partial charge in [0.2, 0.25) is 0 Å². The van der Waals surface area contributed by atoms with Gasteiger partial charge in [-0.2, -0.15) is 0 Å². The number of rotatable bonds is 13. The molecule has 0 amide bonds. The maximum absolute atomic E-state index is 10.6. The fourth-order valence-corrected chi connectivity index (χ4v) is 15.4. The van der Waals surface area contributed by atoms with Gasteiger partial charge in [0.05, 0.1) is 0 Å². The second-order valence-corrected chi connectivity index (χ2v) is 15.3. The van der Waals surface area contributed by atoms with Gasteiger partial charge in [-0.05, 0) is 0 Å². The molecule has 0 spiro atoms. The number of benzene rings is 1. The molecule has 0 aliphatic carbocycles. The van der Waals surface area contributed by atoms with Gasteiger partial charge in [0.15, 0.2) is 0 Å². The minimum absolute atomic E-state index is 0.489. The fourth-order valence-electron chi connectivity index (χ4n) is 2.97. The number of unbranched alkanes of at least 4 members (excludes halogenated alkanes) is 3. The Bertz CT molecular complexity index is 420. The van der Waals surface area contributed by atoms with Gasteiger partial charge in [-0.3, -0.25) is 0 Å². The van der Waals surface area contributed by atoms with Crippen LogP contribution in [-0.4, -0.2) is 14.7 Å². The second-order valence-electron chi connectivity index (χ2n) is 6.56. The number of hydrogen-bond acceptors (Lipinski definition) is 4. The molecule has 2 N–H and O–H groups in total. The topological polar surface area (TPSA) is 58.9 Å². The summed E-state index contributed by atoms with van der Waals surface area (Å²) >= 11 is -4.99. The van der Waals surface area contributed by atoms with Crippen LogP contribution < -0.4 is 2.81 Å². The molecule has 0 saturated heterocycles. The van der Waals surface area contributed by atoms with E-state index in [0.29, 0.717) is 5.75 Å². The van der Waals surface area contributed by atoms with Crippen LogP contribution in [0.3, 0.4) is 0 Å².